The van der Waals surface area contributed by atoms with Gasteiger partial charge in [0.25, 0.3) is 11.8 Å². The molecule has 4 heterocycles. The number of aryl methyl sites for hydroxylation is 2. The number of fused-ring (bicyclic) bond motifs is 4. The van der Waals surface area contributed by atoms with Crippen LogP contribution in [-0.2, 0) is 23.2 Å². The Morgan fingerprint density at radius 2 is 1.94 bits per heavy atom. The van der Waals surface area contributed by atoms with E-state index in [2.05, 4.69) is 15.4 Å². The van der Waals surface area contributed by atoms with Gasteiger partial charge in [0.2, 0.25) is 0 Å². The second-order valence-electron chi connectivity index (χ2n) is 8.62. The van der Waals surface area contributed by atoms with E-state index in [1.54, 1.807) is 48.1 Å². The van der Waals surface area contributed by atoms with Gasteiger partial charge >= 0.3 is 0 Å². The van der Waals surface area contributed by atoms with Crippen molar-refractivity contribution >= 4 is 29.2 Å². The molecule has 2 bridgehead atoms. The normalized spacial score (nSPS) is 19.8. The van der Waals surface area contributed by atoms with Crippen molar-refractivity contribution in [3.8, 4) is 11.1 Å². The first-order valence-corrected chi connectivity index (χ1v) is 10.7. The zero-order chi connectivity index (χ0) is 23.4. The monoisotopic (exact) mass is 449 g/mol. The molecule has 0 fully saturated rings. The van der Waals surface area contributed by atoms with E-state index in [4.69, 9.17) is 4.74 Å². The minimum absolute atomic E-state index is 0.128. The number of carbonyl (C=O) groups is 2. The predicted molar refractivity (Wildman–Crippen MR) is 122 cm³/mol. The zero-order valence-electron chi connectivity index (χ0n) is 18.8. The average molecular weight is 449 g/mol. The van der Waals surface area contributed by atoms with Crippen LogP contribution in [0.3, 0.4) is 0 Å². The highest BCUT2D eigenvalue weighted by Crippen LogP contribution is 2.39. The highest BCUT2D eigenvalue weighted by atomic mass is 19.1. The number of hydrogen-bond acceptors (Lipinski definition) is 4. The van der Waals surface area contributed by atoms with Crippen LogP contribution in [0.4, 0.5) is 10.1 Å². The van der Waals surface area contributed by atoms with Crippen molar-refractivity contribution in [2.75, 3.05) is 19.0 Å². The number of anilines is 1. The first kappa shape index (κ1) is 21.1. The van der Waals surface area contributed by atoms with Crippen molar-refractivity contribution in [1.82, 2.24) is 19.7 Å². The average Bonchev–Trinajstić information content (AvgIpc) is 3.42. The number of halogens is 1. The molecule has 1 atom stereocenters. The Morgan fingerprint density at radius 1 is 1.15 bits per heavy atom. The molecule has 2 aliphatic rings. The van der Waals surface area contributed by atoms with E-state index in [-0.39, 0.29) is 29.8 Å². The van der Waals surface area contributed by atoms with Crippen LogP contribution in [0.5, 0.6) is 0 Å². The molecule has 9 heteroatoms. The number of benzene rings is 1. The molecule has 0 saturated carbocycles. The van der Waals surface area contributed by atoms with Gasteiger partial charge in [0.05, 0.1) is 47.5 Å². The third-order valence-corrected chi connectivity index (χ3v) is 6.16. The van der Waals surface area contributed by atoms with Gasteiger partial charge in [-0.1, -0.05) is 0 Å². The Kier molecular flexibility index (Phi) is 4.93. The molecule has 5 rings (SSSR count). The first-order chi connectivity index (χ1) is 15.7. The maximum absolute atomic E-state index is 15.1. The first-order valence-electron chi connectivity index (χ1n) is 10.7. The molecule has 2 N–H and O–H groups in total. The Balaban J connectivity index is 1.75. The zero-order valence-corrected chi connectivity index (χ0v) is 18.8. The summed E-state index contributed by atoms with van der Waals surface area (Å²) in [7, 11) is 3.51. The van der Waals surface area contributed by atoms with Crippen molar-refractivity contribution in [3.63, 3.8) is 0 Å². The summed E-state index contributed by atoms with van der Waals surface area (Å²) >= 11 is 0. The van der Waals surface area contributed by atoms with Gasteiger partial charge in [0.15, 0.2) is 0 Å². The van der Waals surface area contributed by atoms with Crippen molar-refractivity contribution in [2.45, 2.75) is 26.5 Å². The number of aromatic amines is 1. The summed E-state index contributed by atoms with van der Waals surface area (Å²) in [6.45, 7) is 4.25. The summed E-state index contributed by atoms with van der Waals surface area (Å²) in [5.74, 6) is -1.16. The van der Waals surface area contributed by atoms with Gasteiger partial charge in [-0.3, -0.25) is 14.3 Å². The Bertz CT molecular complexity index is 1340. The molecule has 0 aliphatic carbocycles. The van der Waals surface area contributed by atoms with Crippen LogP contribution >= 0.6 is 0 Å². The Labute approximate surface area is 190 Å². The number of hydrogen-bond donors (Lipinski definition) is 2. The second-order valence-corrected chi connectivity index (χ2v) is 8.62. The fraction of sp³-hybridized carbons (Fsp3) is 0.292. The van der Waals surface area contributed by atoms with Crippen molar-refractivity contribution < 1.29 is 18.7 Å². The second kappa shape index (κ2) is 7.70. The lowest BCUT2D eigenvalue weighted by Gasteiger charge is -2.25. The number of amides is 2. The number of nitrogens with one attached hydrogen (secondary N) is 2. The third-order valence-electron chi connectivity index (χ3n) is 6.16. The summed E-state index contributed by atoms with van der Waals surface area (Å²) in [5.41, 5.74) is 4.54. The summed E-state index contributed by atoms with van der Waals surface area (Å²) in [6, 6.07) is 4.71. The maximum Gasteiger partial charge on any atom is 0.256 e. The standard InChI is InChI=1S/C24H24FN5O3/c1-12-5-17-20(26-12)8-16-15-6-14(7-19(25)22(15)27-23(16)31)18-9-29(3)28-21(18)11-33-10-13(2)30(4)24(17)32/h5-9,13,26H,10-11H2,1-4H3,(H,27,31)/b16-8-. The molecule has 1 unspecified atom stereocenters. The molecule has 2 amide bonds. The van der Waals surface area contributed by atoms with Gasteiger partial charge in [-0.2, -0.15) is 5.10 Å². The summed E-state index contributed by atoms with van der Waals surface area (Å²) in [6.07, 6.45) is 3.42. The van der Waals surface area contributed by atoms with Gasteiger partial charge in [-0.25, -0.2) is 4.39 Å². The molecular weight excluding hydrogens is 425 g/mol. The number of rotatable bonds is 0. The summed E-state index contributed by atoms with van der Waals surface area (Å²) in [4.78, 5) is 30.9. The number of ether oxygens (including phenoxy) is 1. The van der Waals surface area contributed by atoms with E-state index >= 15 is 4.39 Å². The van der Waals surface area contributed by atoms with Crippen LogP contribution in [0, 0.1) is 12.7 Å². The lowest BCUT2D eigenvalue weighted by molar-refractivity contribution is -0.110. The van der Waals surface area contributed by atoms with Crippen LogP contribution in [-0.4, -0.2) is 51.2 Å². The lowest BCUT2D eigenvalue weighted by Crippen LogP contribution is -2.38. The molecule has 0 saturated heterocycles. The van der Waals surface area contributed by atoms with Gasteiger partial charge in [-0.05, 0) is 43.7 Å². The largest absolute Gasteiger partial charge is 0.373 e. The molecule has 0 spiro atoms. The van der Waals surface area contributed by atoms with Crippen LogP contribution in [0.1, 0.15) is 39.9 Å². The molecule has 170 valence electrons. The number of likely N-dealkylation sites (N-methyl/N-ethyl adjacent to an activating group) is 1. The summed E-state index contributed by atoms with van der Waals surface area (Å²) < 4.78 is 22.6. The minimum Gasteiger partial charge on any atom is -0.373 e. The Morgan fingerprint density at radius 3 is 2.73 bits per heavy atom. The number of carbonyl (C=O) groups excluding carboxylic acids is 2. The van der Waals surface area contributed by atoms with Gasteiger partial charge < -0.3 is 19.9 Å². The molecular formula is C24H24FN5O3. The van der Waals surface area contributed by atoms with E-state index in [0.717, 1.165) is 11.3 Å². The van der Waals surface area contributed by atoms with Gasteiger partial charge in [0.1, 0.15) is 5.82 Å². The highest BCUT2D eigenvalue weighted by Gasteiger charge is 2.30. The molecule has 0 radical (unpaired) electrons. The topological polar surface area (TPSA) is 92.2 Å². The number of H-pyrrole nitrogens is 1. The number of nitrogens with zero attached hydrogens (tertiary/aromatic N) is 3. The van der Waals surface area contributed by atoms with Crippen molar-refractivity contribution in [1.29, 1.82) is 0 Å². The molecule has 2 aromatic heterocycles. The van der Waals surface area contributed by atoms with Gasteiger partial charge in [-0.15, -0.1) is 0 Å². The molecule has 3 aromatic rings. The third kappa shape index (κ3) is 3.54. The van der Waals surface area contributed by atoms with Crippen LogP contribution < -0.4 is 5.32 Å². The van der Waals surface area contributed by atoms with Crippen molar-refractivity contribution in [3.05, 3.63) is 58.4 Å². The van der Waals surface area contributed by atoms with E-state index in [1.807, 2.05) is 13.8 Å². The maximum atomic E-state index is 15.1. The quantitative estimate of drug-likeness (QED) is 0.551. The minimum atomic E-state index is -0.536. The SMILES string of the molecule is Cc1cc2c([nH]1)/C=C1\C(=O)Nc3c(F)cc(cc31)-c1cn(C)nc1COCC(C)N(C)C2=O. The van der Waals surface area contributed by atoms with Crippen LogP contribution in [0.2, 0.25) is 0 Å². The van der Waals surface area contributed by atoms with E-state index in [1.165, 1.54) is 6.07 Å². The van der Waals surface area contributed by atoms with Gasteiger partial charge in [0, 0.05) is 37.1 Å². The van der Waals surface area contributed by atoms with E-state index in [0.29, 0.717) is 34.7 Å². The smallest absolute Gasteiger partial charge is 0.256 e. The fourth-order valence-electron chi connectivity index (χ4n) is 4.30. The van der Waals surface area contributed by atoms with Crippen molar-refractivity contribution in [2.24, 2.45) is 7.05 Å². The molecule has 33 heavy (non-hydrogen) atoms. The predicted octanol–water partition coefficient (Wildman–Crippen LogP) is 3.35. The molecule has 2 aliphatic heterocycles. The van der Waals surface area contributed by atoms with Crippen LogP contribution in [0.25, 0.3) is 22.8 Å². The van der Waals surface area contributed by atoms with Crippen LogP contribution in [0.15, 0.2) is 24.4 Å². The fourth-order valence-corrected chi connectivity index (χ4v) is 4.30. The highest BCUT2D eigenvalue weighted by molar-refractivity contribution is 6.35. The summed E-state index contributed by atoms with van der Waals surface area (Å²) in [5, 5.41) is 7.09. The molecule has 8 nitrogen and oxygen atoms in total. The number of aromatic nitrogens is 3. The molecule has 1 aromatic carbocycles. The Hall–Kier alpha value is -3.72. The van der Waals surface area contributed by atoms with E-state index in [9.17, 15) is 9.59 Å². The van der Waals surface area contributed by atoms with E-state index < -0.39 is 11.7 Å². The lowest BCUT2D eigenvalue weighted by atomic mass is 9.98.